The number of hydrogen-bond acceptors (Lipinski definition) is 5. The van der Waals surface area contributed by atoms with Crippen molar-refractivity contribution in [3.8, 4) is 0 Å². The first kappa shape index (κ1) is 11.6. The van der Waals surface area contributed by atoms with Crippen LogP contribution in [0.15, 0.2) is 0 Å². The number of ether oxygens (including phenoxy) is 1. The van der Waals surface area contributed by atoms with Crippen molar-refractivity contribution in [2.24, 2.45) is 0 Å². The monoisotopic (exact) mass is 252 g/mol. The predicted octanol–water partition coefficient (Wildman–Crippen LogP) is -0.486. The van der Waals surface area contributed by atoms with Gasteiger partial charge in [-0.05, 0) is 25.9 Å². The molecule has 0 unspecified atom stereocenters. The fraction of sp³-hybridized carbons (Fsp3) is 0.727. The summed E-state index contributed by atoms with van der Waals surface area (Å²) in [5, 5.41) is 21.0. The lowest BCUT2D eigenvalue weighted by molar-refractivity contribution is -0.145. The van der Waals surface area contributed by atoms with Gasteiger partial charge in [0.2, 0.25) is 0 Å². The summed E-state index contributed by atoms with van der Waals surface area (Å²) in [6, 6.07) is 0. The molecule has 1 fully saturated rings. The number of carboxylic acids is 1. The fourth-order valence-corrected chi connectivity index (χ4v) is 2.74. The molecule has 2 aliphatic rings. The van der Waals surface area contributed by atoms with E-state index < -0.39 is 11.4 Å². The predicted molar refractivity (Wildman–Crippen MR) is 61.1 cm³/mol. The van der Waals surface area contributed by atoms with Gasteiger partial charge in [-0.25, -0.2) is 0 Å². The van der Waals surface area contributed by atoms with Crippen LogP contribution in [0.2, 0.25) is 0 Å². The molecule has 18 heavy (non-hydrogen) atoms. The highest BCUT2D eigenvalue weighted by atomic mass is 16.5. The van der Waals surface area contributed by atoms with E-state index in [9.17, 15) is 9.90 Å². The normalized spacial score (nSPS) is 22.4. The van der Waals surface area contributed by atoms with Crippen LogP contribution in [0.5, 0.6) is 0 Å². The minimum absolute atomic E-state index is 0.418. The number of rotatable bonds is 2. The molecule has 2 N–H and O–H groups in total. The van der Waals surface area contributed by atoms with Gasteiger partial charge < -0.3 is 19.7 Å². The first-order chi connectivity index (χ1) is 8.74. The van der Waals surface area contributed by atoms with Gasteiger partial charge in [0.1, 0.15) is 12.0 Å². The molecule has 0 aliphatic carbocycles. The summed E-state index contributed by atoms with van der Waals surface area (Å²) in [6.45, 7) is 3.04. The van der Waals surface area contributed by atoms with Gasteiger partial charge >= 0.3 is 5.97 Å². The van der Waals surface area contributed by atoms with Gasteiger partial charge in [0, 0.05) is 6.54 Å². The van der Waals surface area contributed by atoms with Crippen LogP contribution in [0, 0.1) is 0 Å². The topological polar surface area (TPSA) is 89.3 Å². The van der Waals surface area contributed by atoms with Gasteiger partial charge in [-0.3, -0.25) is 4.79 Å². The molecule has 7 heteroatoms. The highest BCUT2D eigenvalue weighted by molar-refractivity contribution is 5.80. The summed E-state index contributed by atoms with van der Waals surface area (Å²) >= 11 is 0. The number of nitrogens with one attached hydrogen (secondary N) is 1. The number of piperidine rings is 1. The van der Waals surface area contributed by atoms with Gasteiger partial charge in [0.05, 0.1) is 6.61 Å². The van der Waals surface area contributed by atoms with Gasteiger partial charge in [0.15, 0.2) is 11.6 Å². The number of carboxylic acid groups (broad SMARTS) is 1. The molecule has 0 atom stereocenters. The lowest BCUT2D eigenvalue weighted by Crippen LogP contribution is -2.47. The van der Waals surface area contributed by atoms with Crippen LogP contribution in [0.1, 0.15) is 24.5 Å². The molecule has 1 aromatic rings. The summed E-state index contributed by atoms with van der Waals surface area (Å²) in [4.78, 5) is 11.7. The molecule has 3 heterocycles. The van der Waals surface area contributed by atoms with E-state index in [0.29, 0.717) is 51.5 Å². The molecule has 0 amide bonds. The molecule has 2 aliphatic heterocycles. The van der Waals surface area contributed by atoms with Crippen molar-refractivity contribution >= 4 is 5.97 Å². The quantitative estimate of drug-likeness (QED) is 0.738. The Labute approximate surface area is 104 Å². The highest BCUT2D eigenvalue weighted by Gasteiger charge is 2.46. The zero-order valence-electron chi connectivity index (χ0n) is 10.1. The van der Waals surface area contributed by atoms with E-state index in [4.69, 9.17) is 4.74 Å². The molecule has 0 spiro atoms. The molecule has 1 aromatic heterocycles. The number of nitrogens with zero attached hydrogens (tertiary/aromatic N) is 3. The third kappa shape index (κ3) is 1.62. The molecule has 98 valence electrons. The Kier molecular flexibility index (Phi) is 2.79. The summed E-state index contributed by atoms with van der Waals surface area (Å²) < 4.78 is 7.23. The minimum atomic E-state index is -0.895. The maximum atomic E-state index is 11.7. The number of aromatic nitrogens is 3. The largest absolute Gasteiger partial charge is 0.480 e. The van der Waals surface area contributed by atoms with Crippen molar-refractivity contribution in [2.75, 3.05) is 19.7 Å². The van der Waals surface area contributed by atoms with E-state index in [-0.39, 0.29) is 0 Å². The van der Waals surface area contributed by atoms with E-state index >= 15 is 0 Å². The average molecular weight is 252 g/mol. The Bertz CT molecular complexity index is 465. The third-order valence-corrected chi connectivity index (χ3v) is 3.81. The average Bonchev–Trinajstić information content (AvgIpc) is 2.83. The Balaban J connectivity index is 2.05. The van der Waals surface area contributed by atoms with Gasteiger partial charge in [-0.1, -0.05) is 0 Å². The SMILES string of the molecule is O=C(O)C1(c2nnc3n2CCOC3)CCNCC1. The molecule has 0 saturated carbocycles. The Morgan fingerprint density at radius 2 is 2.17 bits per heavy atom. The molecule has 0 aromatic carbocycles. The van der Waals surface area contributed by atoms with E-state index in [1.165, 1.54) is 0 Å². The summed E-state index contributed by atoms with van der Waals surface area (Å²) in [6.07, 6.45) is 1.11. The van der Waals surface area contributed by atoms with Crippen molar-refractivity contribution in [1.29, 1.82) is 0 Å². The first-order valence-corrected chi connectivity index (χ1v) is 6.18. The Hall–Kier alpha value is -1.47. The fourth-order valence-electron chi connectivity index (χ4n) is 2.74. The standard InChI is InChI=1S/C11H16N4O3/c16-10(17)11(1-3-12-4-2-11)9-14-13-8-7-18-6-5-15(8)9/h12H,1-7H2,(H,16,17). The number of aliphatic carboxylic acids is 1. The molecule has 1 saturated heterocycles. The van der Waals surface area contributed by atoms with Crippen LogP contribution >= 0.6 is 0 Å². The van der Waals surface area contributed by atoms with Crippen molar-refractivity contribution in [3.63, 3.8) is 0 Å². The van der Waals surface area contributed by atoms with E-state index in [0.717, 1.165) is 5.82 Å². The van der Waals surface area contributed by atoms with Crippen LogP contribution in [0.4, 0.5) is 0 Å². The van der Waals surface area contributed by atoms with Crippen molar-refractivity contribution < 1.29 is 14.6 Å². The summed E-state index contributed by atoms with van der Waals surface area (Å²) in [5.74, 6) is 0.524. The lowest BCUT2D eigenvalue weighted by Gasteiger charge is -2.33. The van der Waals surface area contributed by atoms with Gasteiger partial charge in [-0.2, -0.15) is 0 Å². The highest BCUT2D eigenvalue weighted by Crippen LogP contribution is 2.33. The zero-order valence-corrected chi connectivity index (χ0v) is 10.1. The second-order valence-electron chi connectivity index (χ2n) is 4.78. The van der Waals surface area contributed by atoms with Crippen LogP contribution in [-0.2, 0) is 28.1 Å². The summed E-state index contributed by atoms with van der Waals surface area (Å²) in [7, 11) is 0. The number of fused-ring (bicyclic) bond motifs is 1. The molecule has 7 nitrogen and oxygen atoms in total. The minimum Gasteiger partial charge on any atom is -0.480 e. The maximum Gasteiger partial charge on any atom is 0.317 e. The molecule has 0 bridgehead atoms. The van der Waals surface area contributed by atoms with Crippen molar-refractivity contribution in [3.05, 3.63) is 11.6 Å². The Morgan fingerprint density at radius 3 is 2.89 bits per heavy atom. The third-order valence-electron chi connectivity index (χ3n) is 3.81. The van der Waals surface area contributed by atoms with E-state index in [2.05, 4.69) is 15.5 Å². The summed E-state index contributed by atoms with van der Waals surface area (Å²) in [5.41, 5.74) is -0.895. The maximum absolute atomic E-state index is 11.7. The zero-order chi connectivity index (χ0) is 12.6. The van der Waals surface area contributed by atoms with E-state index in [1.807, 2.05) is 4.57 Å². The molecule has 0 radical (unpaired) electrons. The number of carbonyl (C=O) groups is 1. The van der Waals surface area contributed by atoms with Crippen molar-refractivity contribution in [1.82, 2.24) is 20.1 Å². The Morgan fingerprint density at radius 1 is 1.39 bits per heavy atom. The second kappa shape index (κ2) is 4.33. The molecule has 3 rings (SSSR count). The van der Waals surface area contributed by atoms with Crippen LogP contribution < -0.4 is 5.32 Å². The van der Waals surface area contributed by atoms with Gasteiger partial charge in [-0.15, -0.1) is 10.2 Å². The molecular weight excluding hydrogens is 236 g/mol. The van der Waals surface area contributed by atoms with Crippen LogP contribution in [-0.4, -0.2) is 45.5 Å². The second-order valence-corrected chi connectivity index (χ2v) is 4.78. The van der Waals surface area contributed by atoms with Crippen LogP contribution in [0.25, 0.3) is 0 Å². The number of hydrogen-bond donors (Lipinski definition) is 2. The lowest BCUT2D eigenvalue weighted by atomic mass is 9.78. The first-order valence-electron chi connectivity index (χ1n) is 6.18. The van der Waals surface area contributed by atoms with Gasteiger partial charge in [0.25, 0.3) is 0 Å². The van der Waals surface area contributed by atoms with Crippen LogP contribution in [0.3, 0.4) is 0 Å². The van der Waals surface area contributed by atoms with E-state index in [1.54, 1.807) is 0 Å². The van der Waals surface area contributed by atoms with Crippen molar-refractivity contribution in [2.45, 2.75) is 31.4 Å². The molecular formula is C11H16N4O3. The smallest absolute Gasteiger partial charge is 0.317 e.